The van der Waals surface area contributed by atoms with Crippen LogP contribution in [-0.4, -0.2) is 42.6 Å². The van der Waals surface area contributed by atoms with E-state index in [9.17, 15) is 14.4 Å². The van der Waals surface area contributed by atoms with Crippen LogP contribution in [0.3, 0.4) is 0 Å². The zero-order valence-electron chi connectivity index (χ0n) is 10.8. The van der Waals surface area contributed by atoms with Crippen LogP contribution in [0.4, 0.5) is 0 Å². The van der Waals surface area contributed by atoms with Gasteiger partial charge in [0, 0.05) is 20.1 Å². The Bertz CT molecular complexity index is 499. The van der Waals surface area contributed by atoms with E-state index in [2.05, 4.69) is 5.32 Å². The van der Waals surface area contributed by atoms with Crippen molar-refractivity contribution in [2.45, 2.75) is 6.42 Å². The normalized spacial score (nSPS) is 18.8. The van der Waals surface area contributed by atoms with Crippen LogP contribution in [0.5, 0.6) is 0 Å². The SMILES string of the molecule is CN1CC(C(=O)NCCc2ccccc2)C(=O)C1=O. The van der Waals surface area contributed by atoms with Crippen LogP contribution in [0.2, 0.25) is 0 Å². The molecule has 1 unspecified atom stereocenters. The second kappa shape index (κ2) is 5.65. The lowest BCUT2D eigenvalue weighted by Crippen LogP contribution is -2.36. The lowest BCUT2D eigenvalue weighted by molar-refractivity contribution is -0.142. The van der Waals surface area contributed by atoms with Gasteiger partial charge in [-0.2, -0.15) is 0 Å². The van der Waals surface area contributed by atoms with E-state index in [-0.39, 0.29) is 12.5 Å². The van der Waals surface area contributed by atoms with Crippen molar-refractivity contribution in [2.24, 2.45) is 5.92 Å². The van der Waals surface area contributed by atoms with Crippen molar-refractivity contribution >= 4 is 17.6 Å². The van der Waals surface area contributed by atoms with E-state index in [1.54, 1.807) is 0 Å². The number of carbonyl (C=O) groups is 3. The highest BCUT2D eigenvalue weighted by molar-refractivity contribution is 6.42. The topological polar surface area (TPSA) is 66.5 Å². The van der Waals surface area contributed by atoms with Gasteiger partial charge >= 0.3 is 0 Å². The molecule has 100 valence electrons. The fraction of sp³-hybridized carbons (Fsp3) is 0.357. The number of nitrogens with one attached hydrogen (secondary N) is 1. The largest absolute Gasteiger partial charge is 0.355 e. The van der Waals surface area contributed by atoms with E-state index >= 15 is 0 Å². The molecule has 2 amide bonds. The van der Waals surface area contributed by atoms with E-state index < -0.39 is 17.6 Å². The number of nitrogens with zero attached hydrogens (tertiary/aromatic N) is 1. The fourth-order valence-electron chi connectivity index (χ4n) is 2.08. The maximum Gasteiger partial charge on any atom is 0.290 e. The number of ketones is 1. The zero-order valence-corrected chi connectivity index (χ0v) is 10.8. The Morgan fingerprint density at radius 3 is 2.58 bits per heavy atom. The summed E-state index contributed by atoms with van der Waals surface area (Å²) in [6.07, 6.45) is 0.706. The molecule has 1 N–H and O–H groups in total. The zero-order chi connectivity index (χ0) is 13.8. The van der Waals surface area contributed by atoms with Crippen molar-refractivity contribution in [1.29, 1.82) is 0 Å². The Balaban J connectivity index is 1.82. The van der Waals surface area contributed by atoms with Crippen LogP contribution in [0, 0.1) is 5.92 Å². The van der Waals surface area contributed by atoms with E-state index in [0.29, 0.717) is 13.0 Å². The fourth-order valence-corrected chi connectivity index (χ4v) is 2.08. The molecule has 1 atom stereocenters. The molecule has 0 aliphatic carbocycles. The number of likely N-dealkylation sites (N-methyl/N-ethyl adjacent to an activating group) is 1. The lowest BCUT2D eigenvalue weighted by atomic mass is 10.1. The molecule has 0 radical (unpaired) electrons. The summed E-state index contributed by atoms with van der Waals surface area (Å²) in [5, 5.41) is 2.71. The molecular weight excluding hydrogens is 244 g/mol. The van der Waals surface area contributed by atoms with Crippen LogP contribution in [0.15, 0.2) is 30.3 Å². The molecule has 0 saturated carbocycles. The lowest BCUT2D eigenvalue weighted by Gasteiger charge is -2.09. The Morgan fingerprint density at radius 2 is 2.00 bits per heavy atom. The molecule has 0 aromatic heterocycles. The highest BCUT2D eigenvalue weighted by Gasteiger charge is 2.41. The molecule has 5 nitrogen and oxygen atoms in total. The second-order valence-electron chi connectivity index (χ2n) is 4.63. The van der Waals surface area contributed by atoms with Crippen molar-refractivity contribution < 1.29 is 14.4 Å². The number of benzene rings is 1. The number of likely N-dealkylation sites (tertiary alicyclic amines) is 1. The third kappa shape index (κ3) is 2.99. The minimum atomic E-state index is -0.853. The van der Waals surface area contributed by atoms with Gasteiger partial charge in [-0.15, -0.1) is 0 Å². The summed E-state index contributed by atoms with van der Waals surface area (Å²) in [7, 11) is 1.53. The molecule has 0 spiro atoms. The van der Waals surface area contributed by atoms with Gasteiger partial charge in [-0.05, 0) is 12.0 Å². The van der Waals surface area contributed by atoms with Gasteiger partial charge in [0.05, 0.1) is 0 Å². The summed E-state index contributed by atoms with van der Waals surface area (Å²) in [4.78, 5) is 36.0. The first-order chi connectivity index (χ1) is 9.09. The van der Waals surface area contributed by atoms with Crippen LogP contribution in [-0.2, 0) is 20.8 Å². The highest BCUT2D eigenvalue weighted by atomic mass is 16.2. The van der Waals surface area contributed by atoms with Crippen molar-refractivity contribution in [3.63, 3.8) is 0 Å². The molecule has 1 saturated heterocycles. The molecule has 19 heavy (non-hydrogen) atoms. The van der Waals surface area contributed by atoms with E-state index in [0.717, 1.165) is 5.56 Å². The number of Topliss-reactive ketones (excluding diaryl/α,β-unsaturated/α-hetero) is 1. The maximum absolute atomic E-state index is 11.8. The minimum absolute atomic E-state index is 0.175. The van der Waals surface area contributed by atoms with Crippen LogP contribution in [0.25, 0.3) is 0 Å². The Hall–Kier alpha value is -2.17. The maximum atomic E-state index is 11.8. The predicted octanol–water partition coefficient (Wildman–Crippen LogP) is 0.00260. The standard InChI is InChI=1S/C14H16N2O3/c1-16-9-11(12(17)14(16)19)13(18)15-8-7-10-5-3-2-4-6-10/h2-6,11H,7-9H2,1H3,(H,15,18). The van der Waals surface area contributed by atoms with Gasteiger partial charge in [-0.1, -0.05) is 30.3 Å². The third-order valence-corrected chi connectivity index (χ3v) is 3.20. The molecule has 1 aliphatic rings. The average Bonchev–Trinajstić information content (AvgIpc) is 2.68. The highest BCUT2D eigenvalue weighted by Crippen LogP contribution is 2.12. The van der Waals surface area contributed by atoms with Gasteiger partial charge in [-0.3, -0.25) is 14.4 Å². The smallest absolute Gasteiger partial charge is 0.290 e. The summed E-state index contributed by atoms with van der Waals surface area (Å²) < 4.78 is 0. The number of amides is 2. The third-order valence-electron chi connectivity index (χ3n) is 3.20. The molecule has 2 rings (SSSR count). The summed E-state index contributed by atoms with van der Waals surface area (Å²) in [5.41, 5.74) is 1.12. The van der Waals surface area contributed by atoms with Crippen LogP contribution in [0.1, 0.15) is 5.56 Å². The van der Waals surface area contributed by atoms with Gasteiger partial charge in [0.15, 0.2) is 0 Å². The van der Waals surface area contributed by atoms with Crippen molar-refractivity contribution in [2.75, 3.05) is 20.1 Å². The van der Waals surface area contributed by atoms with Crippen molar-refractivity contribution in [3.05, 3.63) is 35.9 Å². The van der Waals surface area contributed by atoms with Gasteiger partial charge in [0.25, 0.3) is 5.91 Å². The number of rotatable bonds is 4. The molecule has 1 aromatic carbocycles. The molecule has 1 fully saturated rings. The second-order valence-corrected chi connectivity index (χ2v) is 4.63. The Kier molecular flexibility index (Phi) is 3.94. The van der Waals surface area contributed by atoms with E-state index in [4.69, 9.17) is 0 Å². The van der Waals surface area contributed by atoms with Crippen LogP contribution < -0.4 is 5.32 Å². The average molecular weight is 260 g/mol. The Labute approximate surface area is 111 Å². The van der Waals surface area contributed by atoms with E-state index in [1.165, 1.54) is 11.9 Å². The van der Waals surface area contributed by atoms with Gasteiger partial charge in [0.2, 0.25) is 11.7 Å². The monoisotopic (exact) mass is 260 g/mol. The first kappa shape index (κ1) is 13.3. The number of hydrogen-bond donors (Lipinski definition) is 1. The van der Waals surface area contributed by atoms with Crippen LogP contribution >= 0.6 is 0 Å². The van der Waals surface area contributed by atoms with Gasteiger partial charge in [-0.25, -0.2) is 0 Å². The van der Waals surface area contributed by atoms with Crippen molar-refractivity contribution in [3.8, 4) is 0 Å². The van der Waals surface area contributed by atoms with Gasteiger partial charge in [0.1, 0.15) is 5.92 Å². The first-order valence-electron chi connectivity index (χ1n) is 6.20. The summed E-state index contributed by atoms with van der Waals surface area (Å²) in [6, 6.07) is 9.76. The molecule has 1 heterocycles. The summed E-state index contributed by atoms with van der Waals surface area (Å²) >= 11 is 0. The summed E-state index contributed by atoms with van der Waals surface area (Å²) in [6.45, 7) is 0.638. The Morgan fingerprint density at radius 1 is 1.32 bits per heavy atom. The van der Waals surface area contributed by atoms with Crippen molar-refractivity contribution in [1.82, 2.24) is 10.2 Å². The molecule has 5 heteroatoms. The summed E-state index contributed by atoms with van der Waals surface area (Å²) in [5.74, 6) is -2.41. The minimum Gasteiger partial charge on any atom is -0.355 e. The number of hydrogen-bond acceptors (Lipinski definition) is 3. The molecular formula is C14H16N2O3. The first-order valence-corrected chi connectivity index (χ1v) is 6.20. The van der Waals surface area contributed by atoms with Gasteiger partial charge < -0.3 is 10.2 Å². The molecule has 0 bridgehead atoms. The molecule has 1 aliphatic heterocycles. The molecule has 1 aromatic rings. The predicted molar refractivity (Wildman–Crippen MR) is 69.3 cm³/mol. The number of carbonyl (C=O) groups excluding carboxylic acids is 3. The quantitative estimate of drug-likeness (QED) is 0.612. The van der Waals surface area contributed by atoms with E-state index in [1.807, 2.05) is 30.3 Å².